The van der Waals surface area contributed by atoms with E-state index in [0.29, 0.717) is 18.0 Å². The van der Waals surface area contributed by atoms with Gasteiger partial charge in [0.2, 0.25) is 5.88 Å². The van der Waals surface area contributed by atoms with E-state index in [1.54, 1.807) is 6.07 Å². The van der Waals surface area contributed by atoms with Crippen molar-refractivity contribution in [1.29, 1.82) is 0 Å². The van der Waals surface area contributed by atoms with E-state index in [0.717, 1.165) is 12.1 Å². The minimum Gasteiger partial charge on any atom is -0.479 e. The maximum Gasteiger partial charge on any atom is 0.256 e. The lowest BCUT2D eigenvalue weighted by Gasteiger charge is -2.14. The molecule has 0 bridgehead atoms. The molecule has 0 aliphatic carbocycles. The molecule has 0 aliphatic heterocycles. The monoisotopic (exact) mass is 327 g/mol. The van der Waals surface area contributed by atoms with Crippen LogP contribution in [-0.4, -0.2) is 29.8 Å². The van der Waals surface area contributed by atoms with Gasteiger partial charge in [0.15, 0.2) is 0 Å². The minimum absolute atomic E-state index is 0.177. The van der Waals surface area contributed by atoms with Crippen LogP contribution in [0.3, 0.4) is 0 Å². The molecule has 128 valence electrons. The molecule has 1 aromatic carbocycles. The Bertz CT molecular complexity index is 672. The summed E-state index contributed by atoms with van der Waals surface area (Å²) in [5.41, 5.74) is 2.49. The van der Waals surface area contributed by atoms with E-state index < -0.39 is 0 Å². The molecule has 2 aromatic rings. The maximum absolute atomic E-state index is 12.5. The Kier molecular flexibility index (Phi) is 6.29. The number of benzene rings is 1. The zero-order valence-corrected chi connectivity index (χ0v) is 14.7. The topological polar surface area (TPSA) is 64.1 Å². The normalized spacial score (nSPS) is 12.0. The summed E-state index contributed by atoms with van der Waals surface area (Å²) in [5.74, 6) is 0.667. The number of aromatic nitrogens is 2. The number of hydrogen-bond acceptors (Lipinski definition) is 4. The van der Waals surface area contributed by atoms with Crippen LogP contribution in [-0.2, 0) is 0 Å². The number of nitrogens with one attached hydrogen (secondary N) is 1. The molecular weight excluding hydrogens is 302 g/mol. The Hall–Kier alpha value is -2.43. The van der Waals surface area contributed by atoms with Crippen LogP contribution in [0.1, 0.15) is 60.6 Å². The molecule has 1 amide bonds. The lowest BCUT2D eigenvalue weighted by Crippen LogP contribution is -2.26. The molecule has 1 N–H and O–H groups in total. The number of hydrogen-bond donors (Lipinski definition) is 1. The molecule has 2 rings (SSSR count). The van der Waals surface area contributed by atoms with E-state index in [-0.39, 0.29) is 17.7 Å². The number of rotatable bonds is 7. The first-order valence-electron chi connectivity index (χ1n) is 8.27. The van der Waals surface area contributed by atoms with Crippen molar-refractivity contribution in [3.63, 3.8) is 0 Å². The van der Waals surface area contributed by atoms with E-state index in [4.69, 9.17) is 4.74 Å². The summed E-state index contributed by atoms with van der Waals surface area (Å²) >= 11 is 0. The van der Waals surface area contributed by atoms with Gasteiger partial charge in [-0.2, -0.15) is 5.10 Å². The fourth-order valence-electron chi connectivity index (χ4n) is 2.44. The Balaban J connectivity index is 1.98. The Labute approximate surface area is 143 Å². The zero-order chi connectivity index (χ0) is 17.5. The molecule has 0 saturated heterocycles. The predicted molar refractivity (Wildman–Crippen MR) is 94.5 cm³/mol. The van der Waals surface area contributed by atoms with Crippen LogP contribution >= 0.6 is 0 Å². The van der Waals surface area contributed by atoms with Gasteiger partial charge < -0.3 is 10.1 Å². The molecule has 0 saturated carbocycles. The smallest absolute Gasteiger partial charge is 0.256 e. The molecule has 5 heteroatoms. The molecule has 5 nitrogen and oxygen atoms in total. The highest BCUT2D eigenvalue weighted by Crippen LogP contribution is 2.20. The van der Waals surface area contributed by atoms with Crippen molar-refractivity contribution in [1.82, 2.24) is 15.5 Å². The number of amides is 1. The second-order valence-corrected chi connectivity index (χ2v) is 6.20. The molecular formula is C19H25N3O2. The van der Waals surface area contributed by atoms with Gasteiger partial charge in [-0.3, -0.25) is 4.79 Å². The molecule has 1 atom stereocenters. The van der Waals surface area contributed by atoms with Crippen LogP contribution in [0.25, 0.3) is 0 Å². The van der Waals surface area contributed by atoms with Gasteiger partial charge >= 0.3 is 0 Å². The number of carbonyl (C=O) groups excluding carboxylic acids is 1. The molecule has 24 heavy (non-hydrogen) atoms. The fraction of sp³-hybridized carbons (Fsp3) is 0.421. The Morgan fingerprint density at radius 2 is 1.88 bits per heavy atom. The first-order valence-corrected chi connectivity index (χ1v) is 8.27. The van der Waals surface area contributed by atoms with Gasteiger partial charge in [-0.1, -0.05) is 51.1 Å². The number of nitrogens with zero attached hydrogens (tertiary/aromatic N) is 2. The number of methoxy groups -OCH3 is 1. The van der Waals surface area contributed by atoms with Crippen molar-refractivity contribution in [2.45, 2.75) is 39.0 Å². The first-order chi connectivity index (χ1) is 11.5. The summed E-state index contributed by atoms with van der Waals surface area (Å²) in [4.78, 5) is 12.5. The van der Waals surface area contributed by atoms with Crippen molar-refractivity contribution in [2.24, 2.45) is 0 Å². The van der Waals surface area contributed by atoms with E-state index in [9.17, 15) is 4.79 Å². The molecule has 1 aromatic heterocycles. The Morgan fingerprint density at radius 3 is 2.50 bits per heavy atom. The van der Waals surface area contributed by atoms with Crippen LogP contribution in [0.4, 0.5) is 0 Å². The highest BCUT2D eigenvalue weighted by molar-refractivity contribution is 5.96. The van der Waals surface area contributed by atoms with Gasteiger partial charge in [-0.15, -0.1) is 5.10 Å². The summed E-state index contributed by atoms with van der Waals surface area (Å²) in [5, 5.41) is 11.0. The highest BCUT2D eigenvalue weighted by Gasteiger charge is 2.17. The quantitative estimate of drug-likeness (QED) is 0.845. The molecule has 0 radical (unpaired) electrons. The SMILES string of the molecule is COc1nnc(C(C)C)cc1C(=O)NCCC(C)c1ccccc1. The molecule has 1 unspecified atom stereocenters. The molecule has 0 spiro atoms. The average Bonchev–Trinajstić information content (AvgIpc) is 2.61. The second kappa shape index (κ2) is 8.43. The van der Waals surface area contributed by atoms with Crippen molar-refractivity contribution in [2.75, 3.05) is 13.7 Å². The van der Waals surface area contributed by atoms with Crippen molar-refractivity contribution >= 4 is 5.91 Å². The molecule has 1 heterocycles. The van der Waals surface area contributed by atoms with Crippen LogP contribution < -0.4 is 10.1 Å². The Morgan fingerprint density at radius 1 is 1.17 bits per heavy atom. The maximum atomic E-state index is 12.5. The van der Waals surface area contributed by atoms with Gasteiger partial charge in [0.25, 0.3) is 5.91 Å². The largest absolute Gasteiger partial charge is 0.479 e. The third-order valence-electron chi connectivity index (χ3n) is 4.04. The minimum atomic E-state index is -0.177. The van der Waals surface area contributed by atoms with Crippen molar-refractivity contribution in [3.05, 3.63) is 53.2 Å². The van der Waals surface area contributed by atoms with Crippen LogP contribution in [0, 0.1) is 0 Å². The van der Waals surface area contributed by atoms with Gasteiger partial charge in [-0.25, -0.2) is 0 Å². The highest BCUT2D eigenvalue weighted by atomic mass is 16.5. The predicted octanol–water partition coefficient (Wildman–Crippen LogP) is 3.53. The lowest BCUT2D eigenvalue weighted by molar-refractivity contribution is 0.0948. The molecule has 0 aliphatic rings. The third kappa shape index (κ3) is 4.54. The fourth-order valence-corrected chi connectivity index (χ4v) is 2.44. The third-order valence-corrected chi connectivity index (χ3v) is 4.04. The van der Waals surface area contributed by atoms with Crippen LogP contribution in [0.2, 0.25) is 0 Å². The summed E-state index contributed by atoms with van der Waals surface area (Å²) in [6.07, 6.45) is 0.869. The molecule has 0 fully saturated rings. The average molecular weight is 327 g/mol. The van der Waals surface area contributed by atoms with E-state index in [1.165, 1.54) is 12.7 Å². The standard InChI is InChI=1S/C19H25N3O2/c1-13(2)17-12-16(19(24-4)22-21-17)18(23)20-11-10-14(3)15-8-6-5-7-9-15/h5-9,12-14H,10-11H2,1-4H3,(H,20,23). The zero-order valence-electron chi connectivity index (χ0n) is 14.7. The van der Waals surface area contributed by atoms with Crippen LogP contribution in [0.5, 0.6) is 5.88 Å². The van der Waals surface area contributed by atoms with Crippen molar-refractivity contribution in [3.8, 4) is 5.88 Å². The summed E-state index contributed by atoms with van der Waals surface area (Å²) in [6, 6.07) is 12.0. The van der Waals surface area contributed by atoms with Gasteiger partial charge in [-0.05, 0) is 29.9 Å². The van der Waals surface area contributed by atoms with Gasteiger partial charge in [0.1, 0.15) is 5.56 Å². The summed E-state index contributed by atoms with van der Waals surface area (Å²) in [6.45, 7) is 6.78. The van der Waals surface area contributed by atoms with E-state index in [2.05, 4.69) is 34.6 Å². The first kappa shape index (κ1) is 17.9. The number of carbonyl (C=O) groups is 1. The number of ether oxygens (including phenoxy) is 1. The summed E-state index contributed by atoms with van der Waals surface area (Å²) in [7, 11) is 1.49. The van der Waals surface area contributed by atoms with E-state index in [1.807, 2.05) is 32.0 Å². The van der Waals surface area contributed by atoms with Crippen molar-refractivity contribution < 1.29 is 9.53 Å². The lowest BCUT2D eigenvalue weighted by atomic mass is 9.98. The second-order valence-electron chi connectivity index (χ2n) is 6.20. The van der Waals surface area contributed by atoms with Gasteiger partial charge in [0.05, 0.1) is 12.8 Å². The van der Waals surface area contributed by atoms with E-state index >= 15 is 0 Å². The van der Waals surface area contributed by atoms with Gasteiger partial charge in [0, 0.05) is 6.54 Å². The van der Waals surface area contributed by atoms with Crippen LogP contribution in [0.15, 0.2) is 36.4 Å². The summed E-state index contributed by atoms with van der Waals surface area (Å²) < 4.78 is 5.16.